The Balaban J connectivity index is 2.39. The van der Waals surface area contributed by atoms with E-state index in [1.165, 1.54) is 6.07 Å². The summed E-state index contributed by atoms with van der Waals surface area (Å²) in [4.78, 5) is 0. The average molecular weight is 309 g/mol. The zero-order valence-corrected chi connectivity index (χ0v) is 11.6. The van der Waals surface area contributed by atoms with Crippen molar-refractivity contribution in [3.8, 4) is 0 Å². The first-order valence-corrected chi connectivity index (χ1v) is 6.69. The molecule has 0 saturated carbocycles. The Labute approximate surface area is 110 Å². The van der Waals surface area contributed by atoms with E-state index in [1.54, 1.807) is 12.1 Å². The van der Waals surface area contributed by atoms with E-state index in [4.69, 9.17) is 11.6 Å². The third-order valence-electron chi connectivity index (χ3n) is 2.41. The van der Waals surface area contributed by atoms with Crippen molar-refractivity contribution >= 4 is 27.5 Å². The Morgan fingerprint density at radius 1 is 1.50 bits per heavy atom. The first kappa shape index (κ1) is 13.9. The first-order valence-electron chi connectivity index (χ1n) is 5.36. The van der Waals surface area contributed by atoms with Gasteiger partial charge >= 0.3 is 0 Å². The maximum absolute atomic E-state index is 13.0. The molecule has 0 fully saturated rings. The smallest absolute Gasteiger partial charge is 0.137 e. The van der Waals surface area contributed by atoms with Crippen LogP contribution in [-0.4, -0.2) is 11.9 Å². The van der Waals surface area contributed by atoms with Gasteiger partial charge in [0.05, 0.1) is 4.47 Å². The maximum Gasteiger partial charge on any atom is 0.137 e. The van der Waals surface area contributed by atoms with Crippen LogP contribution in [0.5, 0.6) is 0 Å². The normalized spacial score (nSPS) is 12.8. The number of nitrogens with one attached hydrogen (secondary N) is 1. The number of hydrogen-bond acceptors (Lipinski definition) is 1. The second-order valence-corrected chi connectivity index (χ2v) is 5.09. The molecule has 1 aromatic rings. The van der Waals surface area contributed by atoms with E-state index in [9.17, 15) is 4.39 Å². The summed E-state index contributed by atoms with van der Waals surface area (Å²) in [5.74, 6) is 0.479. The predicted molar refractivity (Wildman–Crippen MR) is 70.4 cm³/mol. The van der Waals surface area contributed by atoms with E-state index in [1.807, 2.05) is 0 Å². The van der Waals surface area contributed by atoms with E-state index in [0.717, 1.165) is 24.9 Å². The van der Waals surface area contributed by atoms with Crippen LogP contribution >= 0.6 is 27.5 Å². The number of halogens is 3. The molecular weight excluding hydrogens is 292 g/mol. The number of hydrogen-bond donors (Lipinski definition) is 1. The Morgan fingerprint density at radius 3 is 2.88 bits per heavy atom. The lowest BCUT2D eigenvalue weighted by atomic mass is 10.1. The summed E-state index contributed by atoms with van der Waals surface area (Å²) >= 11 is 8.80. The molecule has 0 aliphatic carbocycles. The second kappa shape index (κ2) is 7.25. The second-order valence-electron chi connectivity index (χ2n) is 3.86. The van der Waals surface area contributed by atoms with Crippen LogP contribution in [0.3, 0.4) is 0 Å². The summed E-state index contributed by atoms with van der Waals surface area (Å²) in [7, 11) is 0. The van der Waals surface area contributed by atoms with Gasteiger partial charge in [-0.15, -0.1) is 11.6 Å². The van der Waals surface area contributed by atoms with Crippen LogP contribution in [0.25, 0.3) is 0 Å². The third-order valence-corrected chi connectivity index (χ3v) is 3.28. The number of alkyl halides is 1. The van der Waals surface area contributed by atoms with E-state index < -0.39 is 0 Å². The highest BCUT2D eigenvalue weighted by Gasteiger charge is 2.03. The van der Waals surface area contributed by atoms with Gasteiger partial charge in [0, 0.05) is 18.5 Å². The third kappa shape index (κ3) is 4.81. The number of benzene rings is 1. The molecule has 1 N–H and O–H groups in total. The lowest BCUT2D eigenvalue weighted by molar-refractivity contribution is 0.509. The van der Waals surface area contributed by atoms with Crippen molar-refractivity contribution < 1.29 is 4.39 Å². The first-order chi connectivity index (χ1) is 7.63. The topological polar surface area (TPSA) is 12.0 Å². The summed E-state index contributed by atoms with van der Waals surface area (Å²) in [6.07, 6.45) is 2.08. The monoisotopic (exact) mass is 307 g/mol. The van der Waals surface area contributed by atoms with Gasteiger partial charge in [-0.2, -0.15) is 0 Å². The Bertz CT molecular complexity index is 333. The summed E-state index contributed by atoms with van der Waals surface area (Å²) in [5, 5.41) is 3.38. The molecule has 0 aromatic heterocycles. The molecule has 1 aromatic carbocycles. The fourth-order valence-electron chi connectivity index (χ4n) is 1.43. The quantitative estimate of drug-likeness (QED) is 0.781. The van der Waals surface area contributed by atoms with Crippen molar-refractivity contribution in [2.45, 2.75) is 32.4 Å². The Morgan fingerprint density at radius 2 is 2.25 bits per heavy atom. The summed E-state index contributed by atoms with van der Waals surface area (Å²) < 4.78 is 13.5. The zero-order valence-electron chi connectivity index (χ0n) is 9.27. The molecule has 1 nitrogen and oxygen atoms in total. The molecule has 0 saturated heterocycles. The minimum absolute atomic E-state index is 0.223. The van der Waals surface area contributed by atoms with Crippen LogP contribution in [0, 0.1) is 5.82 Å². The molecule has 0 amide bonds. The van der Waals surface area contributed by atoms with Gasteiger partial charge in [-0.05, 0) is 53.4 Å². The van der Waals surface area contributed by atoms with E-state index in [0.29, 0.717) is 16.4 Å². The minimum atomic E-state index is -0.223. The molecule has 0 heterocycles. The molecule has 0 radical (unpaired) electrons. The van der Waals surface area contributed by atoms with Crippen molar-refractivity contribution in [1.29, 1.82) is 0 Å². The zero-order chi connectivity index (χ0) is 12.0. The van der Waals surface area contributed by atoms with Crippen LogP contribution in [-0.2, 0) is 6.54 Å². The van der Waals surface area contributed by atoms with Crippen LogP contribution in [0.1, 0.15) is 25.3 Å². The van der Waals surface area contributed by atoms with Gasteiger partial charge in [0.2, 0.25) is 0 Å². The van der Waals surface area contributed by atoms with Gasteiger partial charge in [0.15, 0.2) is 0 Å². The van der Waals surface area contributed by atoms with Gasteiger partial charge in [-0.25, -0.2) is 4.39 Å². The van der Waals surface area contributed by atoms with Crippen molar-refractivity contribution in [2.24, 2.45) is 0 Å². The summed E-state index contributed by atoms with van der Waals surface area (Å²) in [6, 6.07) is 5.50. The fraction of sp³-hybridized carbons (Fsp3) is 0.500. The van der Waals surface area contributed by atoms with Crippen molar-refractivity contribution in [3.63, 3.8) is 0 Å². The molecular formula is C12H16BrClFN. The van der Waals surface area contributed by atoms with Crippen LogP contribution in [0.15, 0.2) is 22.7 Å². The van der Waals surface area contributed by atoms with Crippen molar-refractivity contribution in [3.05, 3.63) is 34.1 Å². The fourth-order valence-corrected chi connectivity index (χ4v) is 2.01. The largest absolute Gasteiger partial charge is 0.310 e. The van der Waals surface area contributed by atoms with Crippen molar-refractivity contribution in [1.82, 2.24) is 5.32 Å². The number of rotatable bonds is 6. The SMILES string of the molecule is CC(CCCCl)NCc1ccc(F)c(Br)c1. The van der Waals surface area contributed by atoms with Crippen LogP contribution in [0.2, 0.25) is 0 Å². The van der Waals surface area contributed by atoms with Gasteiger partial charge in [0.1, 0.15) is 5.82 Å². The van der Waals surface area contributed by atoms with Gasteiger partial charge in [-0.3, -0.25) is 0 Å². The molecule has 1 rings (SSSR count). The lowest BCUT2D eigenvalue weighted by Crippen LogP contribution is -2.25. The molecule has 16 heavy (non-hydrogen) atoms. The Kier molecular flexibility index (Phi) is 6.32. The highest BCUT2D eigenvalue weighted by Crippen LogP contribution is 2.16. The highest BCUT2D eigenvalue weighted by atomic mass is 79.9. The highest BCUT2D eigenvalue weighted by molar-refractivity contribution is 9.10. The van der Waals surface area contributed by atoms with Crippen LogP contribution < -0.4 is 5.32 Å². The van der Waals surface area contributed by atoms with Crippen LogP contribution in [0.4, 0.5) is 4.39 Å². The van der Waals surface area contributed by atoms with Gasteiger partial charge in [-0.1, -0.05) is 6.07 Å². The minimum Gasteiger partial charge on any atom is -0.310 e. The van der Waals surface area contributed by atoms with Crippen molar-refractivity contribution in [2.75, 3.05) is 5.88 Å². The molecule has 0 aliphatic rings. The average Bonchev–Trinajstić information content (AvgIpc) is 2.28. The van der Waals surface area contributed by atoms with E-state index in [2.05, 4.69) is 28.2 Å². The van der Waals surface area contributed by atoms with E-state index >= 15 is 0 Å². The van der Waals surface area contributed by atoms with Gasteiger partial charge < -0.3 is 5.32 Å². The Hall–Kier alpha value is -0.120. The molecule has 4 heteroatoms. The van der Waals surface area contributed by atoms with Gasteiger partial charge in [0.25, 0.3) is 0 Å². The maximum atomic E-state index is 13.0. The molecule has 1 unspecified atom stereocenters. The molecule has 0 spiro atoms. The molecule has 0 bridgehead atoms. The summed E-state index contributed by atoms with van der Waals surface area (Å²) in [5.41, 5.74) is 1.07. The molecule has 0 aliphatic heterocycles. The predicted octanol–water partition coefficient (Wildman–Crippen LogP) is 4.09. The lowest BCUT2D eigenvalue weighted by Gasteiger charge is -2.13. The standard InChI is InChI=1S/C12H16BrClFN/c1-9(3-2-6-14)16-8-10-4-5-12(15)11(13)7-10/h4-5,7,9,16H,2-3,6,8H2,1H3. The summed E-state index contributed by atoms with van der Waals surface area (Å²) in [6.45, 7) is 2.88. The molecule has 90 valence electrons. The molecule has 1 atom stereocenters. The van der Waals surface area contributed by atoms with E-state index in [-0.39, 0.29) is 5.82 Å².